The summed E-state index contributed by atoms with van der Waals surface area (Å²) >= 11 is 0. The summed E-state index contributed by atoms with van der Waals surface area (Å²) < 4.78 is 10.2. The monoisotopic (exact) mass is 481 g/mol. The number of para-hydroxylation sites is 2. The molecule has 36 heavy (non-hydrogen) atoms. The Morgan fingerprint density at radius 2 is 1.67 bits per heavy atom. The van der Waals surface area contributed by atoms with Crippen molar-refractivity contribution in [2.24, 2.45) is 0 Å². The number of H-pyrrole nitrogens is 1. The van der Waals surface area contributed by atoms with E-state index >= 15 is 0 Å². The molecule has 0 unspecified atom stereocenters. The molecule has 0 bridgehead atoms. The van der Waals surface area contributed by atoms with Gasteiger partial charge in [-0.1, -0.05) is 42.5 Å². The van der Waals surface area contributed by atoms with E-state index in [-0.39, 0.29) is 17.2 Å². The summed E-state index contributed by atoms with van der Waals surface area (Å²) in [5.41, 5.74) is 4.06. The van der Waals surface area contributed by atoms with Crippen LogP contribution >= 0.6 is 0 Å². The van der Waals surface area contributed by atoms with Crippen LogP contribution in [-0.4, -0.2) is 48.1 Å². The van der Waals surface area contributed by atoms with Gasteiger partial charge in [-0.25, -0.2) is 14.5 Å². The zero-order valence-electron chi connectivity index (χ0n) is 19.7. The minimum Gasteiger partial charge on any atom is -0.497 e. The third-order valence-electron chi connectivity index (χ3n) is 7.03. The molecule has 0 saturated carbocycles. The van der Waals surface area contributed by atoms with Crippen molar-refractivity contribution in [3.8, 4) is 5.75 Å². The second kappa shape index (κ2) is 8.27. The van der Waals surface area contributed by atoms with Crippen LogP contribution < -0.4 is 9.64 Å². The second-order valence-corrected chi connectivity index (χ2v) is 8.83. The Morgan fingerprint density at radius 1 is 0.944 bits per heavy atom. The minimum atomic E-state index is -0.720. The number of hydrogen-bond donors (Lipinski definition) is 1. The average Bonchev–Trinajstić information content (AvgIpc) is 3.41. The highest BCUT2D eigenvalue weighted by molar-refractivity contribution is 6.23. The van der Waals surface area contributed by atoms with Crippen LogP contribution in [0.2, 0.25) is 0 Å². The van der Waals surface area contributed by atoms with Crippen molar-refractivity contribution in [3.63, 3.8) is 0 Å². The van der Waals surface area contributed by atoms with Gasteiger partial charge in [0.1, 0.15) is 17.8 Å². The Bertz CT molecular complexity index is 1520. The Labute approximate surface area is 207 Å². The number of nitrogens with one attached hydrogen (secondary N) is 1. The largest absolute Gasteiger partial charge is 0.497 e. The van der Waals surface area contributed by atoms with E-state index in [9.17, 15) is 14.4 Å². The molecule has 1 aromatic heterocycles. The first-order valence-electron chi connectivity index (χ1n) is 11.6. The summed E-state index contributed by atoms with van der Waals surface area (Å²) in [7, 11) is 2.87. The Balaban J connectivity index is 1.53. The van der Waals surface area contributed by atoms with Crippen LogP contribution in [0.3, 0.4) is 0 Å². The number of rotatable bonds is 4. The van der Waals surface area contributed by atoms with E-state index in [1.54, 1.807) is 36.3 Å². The first kappa shape index (κ1) is 21.9. The van der Waals surface area contributed by atoms with E-state index < -0.39 is 24.1 Å². The number of anilines is 1. The molecule has 0 spiro atoms. The van der Waals surface area contributed by atoms with Gasteiger partial charge in [-0.3, -0.25) is 9.69 Å². The van der Waals surface area contributed by atoms with Crippen molar-refractivity contribution in [2.75, 3.05) is 19.1 Å². The lowest BCUT2D eigenvalue weighted by molar-refractivity contribution is -0.120. The van der Waals surface area contributed by atoms with Gasteiger partial charge in [-0.2, -0.15) is 0 Å². The smallest absolute Gasteiger partial charge is 0.339 e. The highest BCUT2D eigenvalue weighted by Crippen LogP contribution is 2.45. The Kier molecular flexibility index (Phi) is 5.03. The standard InChI is InChI=1S/C28H23N3O5/c1-35-17-13-11-16(12-14-17)25-24-20(18-7-3-5-9-21(18)29-24)15-23-26(32)31(28(34)30(23)25)22-10-6-4-8-19(22)27(33)36-2/h3-14,23,25,29H,15H2,1-2H3/t23-,25+/m0/s1. The van der Waals surface area contributed by atoms with E-state index in [1.807, 2.05) is 48.5 Å². The van der Waals surface area contributed by atoms with Crippen LogP contribution in [0, 0.1) is 0 Å². The van der Waals surface area contributed by atoms with E-state index in [4.69, 9.17) is 9.47 Å². The maximum Gasteiger partial charge on any atom is 0.339 e. The van der Waals surface area contributed by atoms with Crippen LogP contribution in [0.1, 0.15) is 33.2 Å². The van der Waals surface area contributed by atoms with Crippen LogP contribution in [0.5, 0.6) is 5.75 Å². The number of carbonyl (C=O) groups excluding carboxylic acids is 3. The van der Waals surface area contributed by atoms with Crippen LogP contribution in [0.15, 0.2) is 72.8 Å². The lowest BCUT2D eigenvalue weighted by atomic mass is 9.89. The number of aromatic amines is 1. The van der Waals surface area contributed by atoms with Gasteiger partial charge in [-0.15, -0.1) is 0 Å². The molecule has 8 heteroatoms. The zero-order chi connectivity index (χ0) is 25.0. The number of amides is 3. The fraction of sp³-hybridized carbons (Fsp3) is 0.179. The van der Waals surface area contributed by atoms with Crippen LogP contribution in [0.25, 0.3) is 10.9 Å². The summed E-state index contributed by atoms with van der Waals surface area (Å²) in [5.74, 6) is -0.287. The first-order chi connectivity index (χ1) is 17.5. The molecule has 2 aliphatic heterocycles. The molecule has 0 radical (unpaired) electrons. The maximum absolute atomic E-state index is 14.0. The third kappa shape index (κ3) is 3.11. The van der Waals surface area contributed by atoms with E-state index in [1.165, 1.54) is 7.11 Å². The molecule has 1 fully saturated rings. The molecule has 8 nitrogen and oxygen atoms in total. The lowest BCUT2D eigenvalue weighted by Gasteiger charge is -2.36. The normalized spacial score (nSPS) is 18.8. The molecule has 6 rings (SSSR count). The number of imide groups is 1. The Hall–Kier alpha value is -4.59. The van der Waals surface area contributed by atoms with Gasteiger partial charge in [0.05, 0.1) is 25.5 Å². The fourth-order valence-electron chi connectivity index (χ4n) is 5.38. The quantitative estimate of drug-likeness (QED) is 0.344. The van der Waals surface area contributed by atoms with Gasteiger partial charge in [0.25, 0.3) is 5.91 Å². The van der Waals surface area contributed by atoms with Gasteiger partial charge in [-0.05, 0) is 41.5 Å². The first-order valence-corrected chi connectivity index (χ1v) is 11.6. The number of nitrogens with zero attached hydrogens (tertiary/aromatic N) is 2. The number of carbonyl (C=O) groups is 3. The van der Waals surface area contributed by atoms with Gasteiger partial charge in [0.15, 0.2) is 0 Å². The van der Waals surface area contributed by atoms with E-state index in [0.717, 1.165) is 32.6 Å². The third-order valence-corrected chi connectivity index (χ3v) is 7.03. The van der Waals surface area contributed by atoms with Crippen LogP contribution in [-0.2, 0) is 16.0 Å². The van der Waals surface area contributed by atoms with Gasteiger partial charge < -0.3 is 14.5 Å². The number of ether oxygens (including phenoxy) is 2. The summed E-state index contributed by atoms with van der Waals surface area (Å²) in [5, 5.41) is 1.03. The molecule has 3 heterocycles. The average molecular weight is 482 g/mol. The molecule has 1 saturated heterocycles. The predicted molar refractivity (Wildman–Crippen MR) is 133 cm³/mol. The van der Waals surface area contributed by atoms with Gasteiger partial charge in [0.2, 0.25) is 0 Å². The van der Waals surface area contributed by atoms with E-state index in [2.05, 4.69) is 4.98 Å². The molecule has 3 aromatic carbocycles. The Morgan fingerprint density at radius 3 is 2.42 bits per heavy atom. The van der Waals surface area contributed by atoms with Crippen molar-refractivity contribution >= 4 is 34.5 Å². The van der Waals surface area contributed by atoms with Crippen molar-refractivity contribution in [1.82, 2.24) is 9.88 Å². The summed E-state index contributed by atoms with van der Waals surface area (Å²) in [4.78, 5) is 46.5. The molecular formula is C28H23N3O5. The SMILES string of the molecule is COC(=O)c1ccccc1N1C(=O)[C@@H]2Cc3c([nH]c4ccccc34)[C@@H](c3ccc(OC)cc3)N2C1=O. The maximum atomic E-state index is 14.0. The van der Waals surface area contributed by atoms with Gasteiger partial charge >= 0.3 is 12.0 Å². The number of esters is 1. The van der Waals surface area contributed by atoms with Crippen molar-refractivity contribution < 1.29 is 23.9 Å². The number of urea groups is 1. The number of hydrogen-bond acceptors (Lipinski definition) is 5. The predicted octanol–water partition coefficient (Wildman–Crippen LogP) is 4.45. The zero-order valence-corrected chi connectivity index (χ0v) is 19.7. The summed E-state index contributed by atoms with van der Waals surface area (Å²) in [6, 6.07) is 20.2. The topological polar surface area (TPSA) is 91.9 Å². The minimum absolute atomic E-state index is 0.159. The molecule has 3 amide bonds. The van der Waals surface area contributed by atoms with E-state index in [0.29, 0.717) is 12.2 Å². The number of methoxy groups -OCH3 is 2. The molecule has 2 atom stereocenters. The molecule has 0 aliphatic carbocycles. The molecule has 180 valence electrons. The summed E-state index contributed by atoms with van der Waals surface area (Å²) in [6.07, 6.45) is 0.369. The lowest BCUT2D eigenvalue weighted by Crippen LogP contribution is -2.44. The number of fused-ring (bicyclic) bond motifs is 4. The summed E-state index contributed by atoms with van der Waals surface area (Å²) in [6.45, 7) is 0. The van der Waals surface area contributed by atoms with Crippen molar-refractivity contribution in [3.05, 3.63) is 95.2 Å². The van der Waals surface area contributed by atoms with Crippen LogP contribution in [0.4, 0.5) is 10.5 Å². The molecule has 4 aromatic rings. The number of aromatic nitrogens is 1. The number of benzene rings is 3. The van der Waals surface area contributed by atoms with Crippen molar-refractivity contribution in [1.29, 1.82) is 0 Å². The highest BCUT2D eigenvalue weighted by Gasteiger charge is 2.53. The fourth-order valence-corrected chi connectivity index (χ4v) is 5.38. The second-order valence-electron chi connectivity index (χ2n) is 8.83. The molecule has 2 aliphatic rings. The molecule has 1 N–H and O–H groups in total. The molecular weight excluding hydrogens is 458 g/mol. The van der Waals surface area contributed by atoms with Crippen molar-refractivity contribution in [2.45, 2.75) is 18.5 Å². The highest BCUT2D eigenvalue weighted by atomic mass is 16.5. The van der Waals surface area contributed by atoms with Gasteiger partial charge in [0, 0.05) is 23.0 Å².